The molecule has 2 rings (SSSR count). The van der Waals surface area contributed by atoms with Crippen molar-refractivity contribution >= 4 is 0 Å². The first-order valence-corrected chi connectivity index (χ1v) is 6.53. The maximum absolute atomic E-state index is 5.16. The monoisotopic (exact) mass is 256 g/mol. The smallest absolute Gasteiger partial charge is 0.118 e. The molecule has 1 heterocycles. The molecule has 1 N–H and O–H groups in total. The van der Waals surface area contributed by atoms with Crippen molar-refractivity contribution in [3.05, 3.63) is 59.9 Å². The molecule has 100 valence electrons. The van der Waals surface area contributed by atoms with Crippen LogP contribution in [0.1, 0.15) is 23.6 Å². The summed E-state index contributed by atoms with van der Waals surface area (Å²) >= 11 is 0. The Kier molecular flexibility index (Phi) is 4.93. The quantitative estimate of drug-likeness (QED) is 0.862. The first-order chi connectivity index (χ1) is 9.33. The molecule has 0 aliphatic carbocycles. The normalized spacial score (nSPS) is 12.1. The minimum Gasteiger partial charge on any atom is -0.497 e. The average molecular weight is 256 g/mol. The summed E-state index contributed by atoms with van der Waals surface area (Å²) in [6.45, 7) is 0. The van der Waals surface area contributed by atoms with E-state index in [-0.39, 0.29) is 0 Å². The van der Waals surface area contributed by atoms with E-state index in [1.165, 1.54) is 11.1 Å². The molecular formula is C16H20N2O. The molecule has 1 atom stereocenters. The van der Waals surface area contributed by atoms with Gasteiger partial charge in [0.2, 0.25) is 0 Å². The van der Waals surface area contributed by atoms with Gasteiger partial charge in [0.25, 0.3) is 0 Å². The molecular weight excluding hydrogens is 236 g/mol. The van der Waals surface area contributed by atoms with E-state index in [1.54, 1.807) is 13.3 Å². The van der Waals surface area contributed by atoms with Crippen molar-refractivity contribution in [2.45, 2.75) is 18.9 Å². The Hall–Kier alpha value is -1.87. The molecule has 3 heteroatoms. The Morgan fingerprint density at radius 2 is 2.00 bits per heavy atom. The van der Waals surface area contributed by atoms with Crippen molar-refractivity contribution in [2.75, 3.05) is 14.2 Å². The zero-order valence-corrected chi connectivity index (χ0v) is 11.5. The highest BCUT2D eigenvalue weighted by Crippen LogP contribution is 2.19. The maximum atomic E-state index is 5.16. The van der Waals surface area contributed by atoms with Crippen LogP contribution in [0.3, 0.4) is 0 Å². The number of aromatic nitrogens is 1. The van der Waals surface area contributed by atoms with E-state index in [0.29, 0.717) is 6.04 Å². The van der Waals surface area contributed by atoms with E-state index in [9.17, 15) is 0 Å². The van der Waals surface area contributed by atoms with Gasteiger partial charge in [-0.3, -0.25) is 4.98 Å². The second-order valence-electron chi connectivity index (χ2n) is 4.51. The Morgan fingerprint density at radius 3 is 2.58 bits per heavy atom. The van der Waals surface area contributed by atoms with Crippen molar-refractivity contribution in [2.24, 2.45) is 0 Å². The van der Waals surface area contributed by atoms with Crippen LogP contribution in [0, 0.1) is 0 Å². The molecule has 0 spiro atoms. The third-order valence-electron chi connectivity index (χ3n) is 3.32. The molecule has 0 amide bonds. The van der Waals surface area contributed by atoms with Crippen molar-refractivity contribution in [1.29, 1.82) is 0 Å². The summed E-state index contributed by atoms with van der Waals surface area (Å²) in [4.78, 5) is 4.17. The van der Waals surface area contributed by atoms with Crippen LogP contribution in [0.5, 0.6) is 5.75 Å². The van der Waals surface area contributed by atoms with Gasteiger partial charge in [0.15, 0.2) is 0 Å². The van der Waals surface area contributed by atoms with Crippen LogP contribution >= 0.6 is 0 Å². The summed E-state index contributed by atoms with van der Waals surface area (Å²) in [5.74, 6) is 0.904. The lowest BCUT2D eigenvalue weighted by molar-refractivity contribution is 0.414. The molecule has 0 bridgehead atoms. The van der Waals surface area contributed by atoms with Crippen LogP contribution < -0.4 is 10.1 Å². The number of hydrogen-bond donors (Lipinski definition) is 1. The van der Waals surface area contributed by atoms with Gasteiger partial charge in [0, 0.05) is 18.4 Å². The summed E-state index contributed by atoms with van der Waals surface area (Å²) in [5.41, 5.74) is 2.56. The molecule has 1 aromatic carbocycles. The van der Waals surface area contributed by atoms with Crippen LogP contribution in [0.25, 0.3) is 0 Å². The number of pyridine rings is 1. The molecule has 1 aromatic heterocycles. The number of methoxy groups -OCH3 is 1. The zero-order chi connectivity index (χ0) is 13.5. The van der Waals surface area contributed by atoms with Crippen molar-refractivity contribution in [3.63, 3.8) is 0 Å². The highest BCUT2D eigenvalue weighted by molar-refractivity contribution is 5.27. The summed E-state index contributed by atoms with van der Waals surface area (Å²) in [7, 11) is 3.68. The average Bonchev–Trinajstić information content (AvgIpc) is 2.49. The molecule has 0 aliphatic heterocycles. The van der Waals surface area contributed by atoms with Crippen molar-refractivity contribution < 1.29 is 4.74 Å². The molecule has 0 radical (unpaired) electrons. The molecule has 0 saturated carbocycles. The molecule has 0 fully saturated rings. The van der Waals surface area contributed by atoms with E-state index in [4.69, 9.17) is 4.74 Å². The van der Waals surface area contributed by atoms with Crippen molar-refractivity contribution in [3.8, 4) is 5.75 Å². The van der Waals surface area contributed by atoms with Crippen LogP contribution in [0.2, 0.25) is 0 Å². The number of aryl methyl sites for hydroxylation is 1. The fraction of sp³-hybridized carbons (Fsp3) is 0.312. The molecule has 19 heavy (non-hydrogen) atoms. The van der Waals surface area contributed by atoms with E-state index in [2.05, 4.69) is 28.5 Å². The number of ether oxygens (including phenoxy) is 1. The highest BCUT2D eigenvalue weighted by Gasteiger charge is 2.09. The number of rotatable bonds is 6. The first kappa shape index (κ1) is 13.6. The standard InChI is InChI=1S/C16H20N2O/c1-17-16(14-4-3-11-18-12-14)10-7-13-5-8-15(19-2)9-6-13/h3-6,8-9,11-12,16-17H,7,10H2,1-2H3. The first-order valence-electron chi connectivity index (χ1n) is 6.53. The molecule has 0 aliphatic rings. The Balaban J connectivity index is 1.96. The van der Waals surface area contributed by atoms with E-state index >= 15 is 0 Å². The SMILES string of the molecule is CNC(CCc1ccc(OC)cc1)c1cccnc1. The van der Waals surface area contributed by atoms with Gasteiger partial charge in [-0.05, 0) is 49.2 Å². The van der Waals surface area contributed by atoms with E-state index in [1.807, 2.05) is 31.4 Å². The Bertz CT molecular complexity index is 482. The van der Waals surface area contributed by atoms with Crippen LogP contribution in [0.4, 0.5) is 0 Å². The zero-order valence-electron chi connectivity index (χ0n) is 11.5. The van der Waals surface area contributed by atoms with Crippen LogP contribution in [-0.4, -0.2) is 19.1 Å². The fourth-order valence-electron chi connectivity index (χ4n) is 2.16. The summed E-state index contributed by atoms with van der Waals surface area (Å²) < 4.78 is 5.16. The Labute approximate surface area is 114 Å². The van der Waals surface area contributed by atoms with Gasteiger partial charge in [0.1, 0.15) is 5.75 Å². The number of nitrogens with one attached hydrogen (secondary N) is 1. The maximum Gasteiger partial charge on any atom is 0.118 e. The minimum absolute atomic E-state index is 0.343. The van der Waals surface area contributed by atoms with E-state index < -0.39 is 0 Å². The third-order valence-corrected chi connectivity index (χ3v) is 3.32. The van der Waals surface area contributed by atoms with Gasteiger partial charge >= 0.3 is 0 Å². The molecule has 3 nitrogen and oxygen atoms in total. The largest absolute Gasteiger partial charge is 0.497 e. The predicted molar refractivity (Wildman–Crippen MR) is 77.4 cm³/mol. The summed E-state index contributed by atoms with van der Waals surface area (Å²) in [5, 5.41) is 3.35. The second-order valence-corrected chi connectivity index (χ2v) is 4.51. The number of nitrogens with zero attached hydrogens (tertiary/aromatic N) is 1. The summed E-state index contributed by atoms with van der Waals surface area (Å²) in [6.07, 6.45) is 5.81. The second kappa shape index (κ2) is 6.90. The highest BCUT2D eigenvalue weighted by atomic mass is 16.5. The predicted octanol–water partition coefficient (Wildman–Crippen LogP) is 2.98. The van der Waals surface area contributed by atoms with Gasteiger partial charge in [-0.15, -0.1) is 0 Å². The number of benzene rings is 1. The van der Waals surface area contributed by atoms with Gasteiger partial charge in [0.05, 0.1) is 7.11 Å². The lowest BCUT2D eigenvalue weighted by Gasteiger charge is -2.16. The molecule has 1 unspecified atom stereocenters. The molecule has 0 saturated heterocycles. The van der Waals surface area contributed by atoms with E-state index in [0.717, 1.165) is 18.6 Å². The third kappa shape index (κ3) is 3.80. The lowest BCUT2D eigenvalue weighted by Crippen LogP contribution is -2.17. The van der Waals surface area contributed by atoms with Crippen LogP contribution in [0.15, 0.2) is 48.8 Å². The molecule has 2 aromatic rings. The minimum atomic E-state index is 0.343. The fourth-order valence-corrected chi connectivity index (χ4v) is 2.16. The topological polar surface area (TPSA) is 34.1 Å². The van der Waals surface area contributed by atoms with Gasteiger partial charge in [-0.1, -0.05) is 18.2 Å². The van der Waals surface area contributed by atoms with Crippen LogP contribution in [-0.2, 0) is 6.42 Å². The van der Waals surface area contributed by atoms with Gasteiger partial charge in [-0.25, -0.2) is 0 Å². The number of hydrogen-bond acceptors (Lipinski definition) is 3. The Morgan fingerprint density at radius 1 is 1.21 bits per heavy atom. The van der Waals surface area contributed by atoms with Gasteiger partial charge < -0.3 is 10.1 Å². The van der Waals surface area contributed by atoms with Crippen molar-refractivity contribution in [1.82, 2.24) is 10.3 Å². The lowest BCUT2D eigenvalue weighted by atomic mass is 10.0. The van der Waals surface area contributed by atoms with Gasteiger partial charge in [-0.2, -0.15) is 0 Å². The summed E-state index contributed by atoms with van der Waals surface area (Å²) in [6, 6.07) is 12.7.